The number of carbonyl (C=O) groups excluding carboxylic acids is 1. The van der Waals surface area contributed by atoms with E-state index in [0.717, 1.165) is 0 Å². The molecule has 2 rings (SSSR count). The molecule has 2 aromatic rings. The molecule has 20 heavy (non-hydrogen) atoms. The van der Waals surface area contributed by atoms with Crippen molar-refractivity contribution in [3.05, 3.63) is 53.3 Å². The van der Waals surface area contributed by atoms with Crippen LogP contribution in [0, 0.1) is 5.82 Å². The number of para-hydroxylation sites is 1. The Hall–Kier alpha value is -2.56. The van der Waals surface area contributed by atoms with Crippen molar-refractivity contribution < 1.29 is 24.1 Å². The van der Waals surface area contributed by atoms with Crippen LogP contribution in [-0.4, -0.2) is 16.2 Å². The number of benzene rings is 2. The van der Waals surface area contributed by atoms with Crippen LogP contribution in [0.5, 0.6) is 17.2 Å². The first kappa shape index (κ1) is 13.9. The molecule has 0 aliphatic heterocycles. The van der Waals surface area contributed by atoms with E-state index in [-0.39, 0.29) is 28.4 Å². The van der Waals surface area contributed by atoms with Crippen molar-refractivity contribution >= 4 is 5.97 Å². The van der Waals surface area contributed by atoms with Crippen molar-refractivity contribution in [1.82, 2.24) is 0 Å². The minimum atomic E-state index is -0.790. The van der Waals surface area contributed by atoms with Gasteiger partial charge < -0.3 is 14.9 Å². The van der Waals surface area contributed by atoms with E-state index in [0.29, 0.717) is 6.42 Å². The molecule has 0 saturated carbocycles. The highest BCUT2D eigenvalue weighted by atomic mass is 19.1. The molecule has 0 fully saturated rings. The number of rotatable bonds is 3. The molecule has 0 aliphatic carbocycles. The molecule has 0 amide bonds. The monoisotopic (exact) mass is 276 g/mol. The lowest BCUT2D eigenvalue weighted by molar-refractivity contribution is 0.0726. The van der Waals surface area contributed by atoms with Gasteiger partial charge in [-0.15, -0.1) is 0 Å². The van der Waals surface area contributed by atoms with E-state index in [1.54, 1.807) is 13.0 Å². The average molecular weight is 276 g/mol. The Labute approximate surface area is 115 Å². The molecule has 0 atom stereocenters. The van der Waals surface area contributed by atoms with Gasteiger partial charge in [0, 0.05) is 5.56 Å². The van der Waals surface area contributed by atoms with E-state index in [1.807, 2.05) is 0 Å². The molecule has 0 saturated heterocycles. The molecular weight excluding hydrogens is 263 g/mol. The van der Waals surface area contributed by atoms with Gasteiger partial charge in [0.1, 0.15) is 0 Å². The zero-order valence-corrected chi connectivity index (χ0v) is 10.8. The minimum Gasteiger partial charge on any atom is -0.504 e. The van der Waals surface area contributed by atoms with Crippen molar-refractivity contribution in [3.63, 3.8) is 0 Å². The third-order valence-electron chi connectivity index (χ3n) is 2.87. The predicted octanol–water partition coefficient (Wildman–Crippen LogP) is 3.02. The maximum Gasteiger partial charge on any atom is 0.344 e. The molecular formula is C15H13FO4. The highest BCUT2D eigenvalue weighted by Gasteiger charge is 2.19. The van der Waals surface area contributed by atoms with Crippen LogP contribution >= 0.6 is 0 Å². The quantitative estimate of drug-likeness (QED) is 0.514. The van der Waals surface area contributed by atoms with Crippen molar-refractivity contribution in [2.24, 2.45) is 0 Å². The van der Waals surface area contributed by atoms with Gasteiger partial charge in [-0.05, 0) is 30.7 Å². The number of hydrogen-bond acceptors (Lipinski definition) is 4. The van der Waals surface area contributed by atoms with Gasteiger partial charge in [-0.2, -0.15) is 0 Å². The Morgan fingerprint density at radius 3 is 2.55 bits per heavy atom. The SMILES string of the molecule is CCc1c(C(=O)Oc2ccccc2F)ccc(O)c1O. The molecule has 0 radical (unpaired) electrons. The van der Waals surface area contributed by atoms with E-state index in [1.165, 1.54) is 30.3 Å². The number of ether oxygens (including phenoxy) is 1. The third kappa shape index (κ3) is 2.56. The van der Waals surface area contributed by atoms with Crippen molar-refractivity contribution in [1.29, 1.82) is 0 Å². The standard InChI is InChI=1S/C15H13FO4/c1-2-9-10(7-8-12(17)14(9)18)15(19)20-13-6-4-3-5-11(13)16/h3-8,17-18H,2H2,1H3. The zero-order chi connectivity index (χ0) is 14.7. The molecule has 0 aliphatic rings. The maximum absolute atomic E-state index is 13.4. The Bertz CT molecular complexity index is 652. The topological polar surface area (TPSA) is 66.8 Å². The van der Waals surface area contributed by atoms with Crippen molar-refractivity contribution in [3.8, 4) is 17.2 Å². The van der Waals surface area contributed by atoms with Gasteiger partial charge in [-0.1, -0.05) is 19.1 Å². The summed E-state index contributed by atoms with van der Waals surface area (Å²) in [6.07, 6.45) is 0.321. The maximum atomic E-state index is 13.4. The molecule has 2 aromatic carbocycles. The van der Waals surface area contributed by atoms with Crippen LogP contribution in [0.15, 0.2) is 36.4 Å². The van der Waals surface area contributed by atoms with Crippen LogP contribution in [0.4, 0.5) is 4.39 Å². The largest absolute Gasteiger partial charge is 0.504 e. The zero-order valence-electron chi connectivity index (χ0n) is 10.8. The lowest BCUT2D eigenvalue weighted by atomic mass is 10.0. The van der Waals surface area contributed by atoms with Crippen LogP contribution in [0.3, 0.4) is 0 Å². The van der Waals surface area contributed by atoms with Crippen LogP contribution in [-0.2, 0) is 6.42 Å². The first-order valence-electron chi connectivity index (χ1n) is 6.05. The van der Waals surface area contributed by atoms with Crippen LogP contribution in [0.25, 0.3) is 0 Å². The van der Waals surface area contributed by atoms with Gasteiger partial charge in [-0.3, -0.25) is 0 Å². The normalized spacial score (nSPS) is 10.3. The Kier molecular flexibility index (Phi) is 3.89. The van der Waals surface area contributed by atoms with E-state index in [4.69, 9.17) is 4.74 Å². The second-order valence-electron chi connectivity index (χ2n) is 4.13. The summed E-state index contributed by atoms with van der Waals surface area (Å²) < 4.78 is 18.4. The predicted molar refractivity (Wildman–Crippen MR) is 70.5 cm³/mol. The fourth-order valence-electron chi connectivity index (χ4n) is 1.86. The first-order chi connectivity index (χ1) is 9.54. The second-order valence-corrected chi connectivity index (χ2v) is 4.13. The number of carbonyl (C=O) groups is 1. The van der Waals surface area contributed by atoms with Gasteiger partial charge in [0.15, 0.2) is 23.1 Å². The van der Waals surface area contributed by atoms with Crippen LogP contribution in [0.1, 0.15) is 22.8 Å². The highest BCUT2D eigenvalue weighted by molar-refractivity contribution is 5.93. The summed E-state index contributed by atoms with van der Waals surface area (Å²) >= 11 is 0. The highest BCUT2D eigenvalue weighted by Crippen LogP contribution is 2.32. The summed E-state index contributed by atoms with van der Waals surface area (Å²) in [5.74, 6) is -2.31. The summed E-state index contributed by atoms with van der Waals surface area (Å²) in [7, 11) is 0. The van der Waals surface area contributed by atoms with Gasteiger partial charge in [-0.25, -0.2) is 9.18 Å². The van der Waals surface area contributed by atoms with Crippen molar-refractivity contribution in [2.45, 2.75) is 13.3 Å². The number of hydrogen-bond donors (Lipinski definition) is 2. The van der Waals surface area contributed by atoms with E-state index < -0.39 is 11.8 Å². The number of esters is 1. The molecule has 0 aromatic heterocycles. The summed E-state index contributed by atoms with van der Waals surface area (Å²) in [5, 5.41) is 19.1. The van der Waals surface area contributed by atoms with Crippen molar-refractivity contribution in [2.75, 3.05) is 0 Å². The number of phenolic OH excluding ortho intramolecular Hbond substituents is 2. The van der Waals surface area contributed by atoms with Gasteiger partial charge in [0.2, 0.25) is 0 Å². The summed E-state index contributed by atoms with van der Waals surface area (Å²) in [6.45, 7) is 1.72. The summed E-state index contributed by atoms with van der Waals surface area (Å²) in [5.41, 5.74) is 0.345. The molecule has 0 bridgehead atoms. The first-order valence-corrected chi connectivity index (χ1v) is 6.05. The van der Waals surface area contributed by atoms with Gasteiger partial charge >= 0.3 is 5.97 Å². The minimum absolute atomic E-state index is 0.0889. The van der Waals surface area contributed by atoms with E-state index in [2.05, 4.69) is 0 Å². The fourth-order valence-corrected chi connectivity index (χ4v) is 1.86. The molecule has 4 nitrogen and oxygen atoms in total. The second kappa shape index (κ2) is 5.61. The number of aromatic hydroxyl groups is 2. The fraction of sp³-hybridized carbons (Fsp3) is 0.133. The van der Waals surface area contributed by atoms with Crippen LogP contribution in [0.2, 0.25) is 0 Å². The van der Waals surface area contributed by atoms with E-state index >= 15 is 0 Å². The average Bonchev–Trinajstić information content (AvgIpc) is 2.44. The molecule has 0 unspecified atom stereocenters. The molecule has 0 spiro atoms. The Morgan fingerprint density at radius 1 is 1.20 bits per heavy atom. The Balaban J connectivity index is 2.35. The number of phenols is 2. The summed E-state index contributed by atoms with van der Waals surface area (Å²) in [4.78, 5) is 12.0. The number of halogens is 1. The molecule has 5 heteroatoms. The lowest BCUT2D eigenvalue weighted by Crippen LogP contribution is -2.12. The molecule has 104 valence electrons. The van der Waals surface area contributed by atoms with Crippen LogP contribution < -0.4 is 4.74 Å². The third-order valence-corrected chi connectivity index (χ3v) is 2.87. The lowest BCUT2D eigenvalue weighted by Gasteiger charge is -2.11. The summed E-state index contributed by atoms with van der Waals surface area (Å²) in [6, 6.07) is 8.05. The van der Waals surface area contributed by atoms with Gasteiger partial charge in [0.05, 0.1) is 5.56 Å². The Morgan fingerprint density at radius 2 is 1.90 bits per heavy atom. The van der Waals surface area contributed by atoms with Gasteiger partial charge in [0.25, 0.3) is 0 Å². The molecule has 0 heterocycles. The molecule has 2 N–H and O–H groups in total. The smallest absolute Gasteiger partial charge is 0.344 e. The van der Waals surface area contributed by atoms with E-state index in [9.17, 15) is 19.4 Å².